The summed E-state index contributed by atoms with van der Waals surface area (Å²) in [7, 11) is -3.67. The Bertz CT molecular complexity index is 100. The standard InChI is InChI=1S/C7H13.BF3.K/c1-7-5-3-2-4-6-7;2-1(3)4;/h5,7H,2-4,6H2,1H3;;. The van der Waals surface area contributed by atoms with Crippen molar-refractivity contribution >= 4 is 56.5 Å². The van der Waals surface area contributed by atoms with Crippen LogP contribution < -0.4 is 0 Å². The van der Waals surface area contributed by atoms with E-state index >= 15 is 0 Å². The molecule has 2 atom stereocenters. The largest absolute Gasteiger partial charge is 0.762 e. The Hall–Kier alpha value is 1.49. The third kappa shape index (κ3) is 8.11. The fraction of sp³-hybridized carbons (Fsp3) is 1.00. The Morgan fingerprint density at radius 2 is 1.58 bits per heavy atom. The van der Waals surface area contributed by atoms with Crippen molar-refractivity contribution in [2.24, 2.45) is 5.92 Å². The van der Waals surface area contributed by atoms with Crippen LogP contribution in [0.25, 0.3) is 0 Å². The second kappa shape index (κ2) is 7.85. The van der Waals surface area contributed by atoms with Crippen LogP contribution in [0.2, 0.25) is 0.0125 Å². The molecule has 12 heavy (non-hydrogen) atoms. The summed E-state index contributed by atoms with van der Waals surface area (Å²) in [4.78, 5) is 0. The molecule has 0 bridgehead atoms. The molecule has 1 aliphatic carbocycles. The summed E-state index contributed by atoms with van der Waals surface area (Å²) in [5.41, 5.74) is 0. The number of hydrogen-bond acceptors (Lipinski definition) is 0. The van der Waals surface area contributed by atoms with Crippen molar-refractivity contribution < 1.29 is 12.9 Å². The molecule has 5 heteroatoms. The average molecular weight is 204 g/mol. The van der Waals surface area contributed by atoms with E-state index in [9.17, 15) is 12.9 Å². The van der Waals surface area contributed by atoms with Crippen LogP contribution in [0.15, 0.2) is 0 Å². The monoisotopic (exact) mass is 204 g/mol. The van der Waals surface area contributed by atoms with Gasteiger partial charge in [0.05, 0.1) is 0 Å². The van der Waals surface area contributed by atoms with Gasteiger partial charge in [0.15, 0.2) is 0 Å². The number of rotatable bonds is 0. The fourth-order valence-electron chi connectivity index (χ4n) is 1.50. The summed E-state index contributed by atoms with van der Waals surface area (Å²) in [5.74, 6) is 1.09. The Morgan fingerprint density at radius 1 is 1.17 bits per heavy atom. The summed E-state index contributed by atoms with van der Waals surface area (Å²) in [6.07, 6.45) is 6.11. The zero-order chi connectivity index (χ0) is 9.56. The van der Waals surface area contributed by atoms with E-state index in [1.165, 1.54) is 19.3 Å². The van der Waals surface area contributed by atoms with E-state index in [0.717, 1.165) is 54.9 Å². The minimum Gasteiger partial charge on any atom is -0.254 e. The van der Waals surface area contributed by atoms with Gasteiger partial charge in [0.25, 0.3) is 0 Å². The molecule has 0 nitrogen and oxygen atoms in total. The molecule has 0 saturated heterocycles. The zero-order valence-corrected chi connectivity index (χ0v) is 10.8. The van der Waals surface area contributed by atoms with Gasteiger partial charge in [-0.15, -0.1) is 0 Å². The van der Waals surface area contributed by atoms with Gasteiger partial charge in [0.1, 0.15) is 0 Å². The first kappa shape index (κ1) is 13.5. The summed E-state index contributed by atoms with van der Waals surface area (Å²) in [5, 5.41) is 0. The maximum atomic E-state index is 9.67. The van der Waals surface area contributed by atoms with Gasteiger partial charge in [-0.05, 0) is 0 Å². The van der Waals surface area contributed by atoms with E-state index in [2.05, 4.69) is 6.92 Å². The zero-order valence-electron chi connectivity index (χ0n) is 7.69. The third-order valence-electron chi connectivity index (χ3n) is 2.54. The minimum atomic E-state index is -3.67. The van der Waals surface area contributed by atoms with Crippen molar-refractivity contribution in [3.05, 3.63) is 0 Å². The van der Waals surface area contributed by atoms with Crippen LogP contribution in [0.3, 0.4) is 0 Å². The molecule has 1 fully saturated rings. The smallest absolute Gasteiger partial charge is 0.254 e. The van der Waals surface area contributed by atoms with Crippen molar-refractivity contribution in [2.75, 3.05) is 0 Å². The first-order valence-electron chi connectivity index (χ1n) is 4.46. The average Bonchev–Trinajstić information content (AvgIpc) is 1.94. The molecular weight excluding hydrogens is 191 g/mol. The quantitative estimate of drug-likeness (QED) is 0.532. The summed E-state index contributed by atoms with van der Waals surface area (Å²) >= 11 is 1.10. The van der Waals surface area contributed by atoms with Crippen LogP contribution >= 0.6 is 0 Å². The van der Waals surface area contributed by atoms with Gasteiger partial charge in [-0.3, -0.25) is 12.9 Å². The molecule has 1 saturated carbocycles. The molecule has 0 aromatic rings. The van der Waals surface area contributed by atoms with Gasteiger partial charge in [0.2, 0.25) is 0 Å². The predicted molar refractivity (Wildman–Crippen MR) is 46.2 cm³/mol. The van der Waals surface area contributed by atoms with Gasteiger partial charge in [-0.25, -0.2) is 0 Å². The molecule has 66 valence electrons. The van der Waals surface area contributed by atoms with Crippen molar-refractivity contribution in [2.45, 2.75) is 32.6 Å². The molecule has 1 aliphatic rings. The molecule has 0 amide bonds. The summed E-state index contributed by atoms with van der Waals surface area (Å²) in [6, 6.07) is 0. The Morgan fingerprint density at radius 3 is 1.83 bits per heavy atom. The first-order valence-corrected chi connectivity index (χ1v) is 6.26. The van der Waals surface area contributed by atoms with E-state index < -0.39 is 7.54 Å². The second-order valence-corrected chi connectivity index (χ2v) is 5.80. The van der Waals surface area contributed by atoms with Gasteiger partial charge >= 0.3 is 95.0 Å². The Labute approximate surface area is 106 Å². The first-order chi connectivity index (χ1) is 5.54. The number of halogens is 3. The molecule has 0 N–H and O–H groups in total. The summed E-state index contributed by atoms with van der Waals surface area (Å²) < 4.78 is 30.2. The maximum absolute atomic E-state index is 9.67. The van der Waals surface area contributed by atoms with E-state index in [1.807, 2.05) is 0 Å². The van der Waals surface area contributed by atoms with Crippen molar-refractivity contribution in [1.29, 1.82) is 0 Å². The van der Waals surface area contributed by atoms with E-state index in [4.69, 9.17) is 0 Å². The Kier molecular flexibility index (Phi) is 8.83. The predicted octanol–water partition coefficient (Wildman–Crippen LogP) is 3.03. The molecule has 0 radical (unpaired) electrons. The van der Waals surface area contributed by atoms with Gasteiger partial charge in [-0.2, -0.15) is 0 Å². The fourth-order valence-corrected chi connectivity index (χ4v) is 2.66. The van der Waals surface area contributed by atoms with Gasteiger partial charge in [-0.1, -0.05) is 0 Å². The molecule has 0 aromatic carbocycles. The van der Waals surface area contributed by atoms with Crippen molar-refractivity contribution in [1.82, 2.24) is 0 Å². The molecule has 0 spiro atoms. The van der Waals surface area contributed by atoms with Crippen LogP contribution in [0.5, 0.6) is 0 Å². The molecule has 1 rings (SSSR count). The van der Waals surface area contributed by atoms with Gasteiger partial charge in [0, 0.05) is 0 Å². The van der Waals surface area contributed by atoms with Crippen molar-refractivity contribution in [3.8, 4) is 0 Å². The minimum absolute atomic E-state index is 1.09. The second-order valence-electron chi connectivity index (χ2n) is 3.49. The molecule has 0 aromatic heterocycles. The maximum Gasteiger partial charge on any atom is 0.762 e. The van der Waals surface area contributed by atoms with E-state index in [-0.39, 0.29) is 0 Å². The van der Waals surface area contributed by atoms with Crippen molar-refractivity contribution in [3.63, 3.8) is 0 Å². The van der Waals surface area contributed by atoms with Crippen LogP contribution in [0.4, 0.5) is 12.9 Å². The van der Waals surface area contributed by atoms with Gasteiger partial charge < -0.3 is 0 Å². The van der Waals surface area contributed by atoms with E-state index in [1.54, 1.807) is 6.42 Å². The normalized spacial score (nSPS) is 28.8. The Balaban J connectivity index is 0.000000261. The topological polar surface area (TPSA) is 0 Å². The third-order valence-corrected chi connectivity index (χ3v) is 5.22. The van der Waals surface area contributed by atoms with Crippen LogP contribution in [0, 0.1) is 5.92 Å². The molecule has 0 aliphatic heterocycles. The summed E-state index contributed by atoms with van der Waals surface area (Å²) in [6.45, 7) is 2.43. The van der Waals surface area contributed by atoms with E-state index in [0.29, 0.717) is 0 Å². The molecule has 0 heterocycles. The number of hydrogen-bond donors (Lipinski definition) is 0. The van der Waals surface area contributed by atoms with Crippen LogP contribution in [0.1, 0.15) is 32.6 Å². The molecular formula is C7H13BF3K. The van der Waals surface area contributed by atoms with Crippen LogP contribution in [-0.4, -0.2) is 56.5 Å². The van der Waals surface area contributed by atoms with Crippen LogP contribution in [-0.2, 0) is 0 Å². The molecule has 2 unspecified atom stereocenters. The SMILES string of the molecule is CC1CCCC[CH]1[K].FB(F)F.